The first-order chi connectivity index (χ1) is 16.4. The molecule has 1 unspecified atom stereocenters. The van der Waals surface area contributed by atoms with Gasteiger partial charge in [-0.05, 0) is 73.9 Å². The minimum absolute atomic E-state index is 0. The predicted octanol–water partition coefficient (Wildman–Crippen LogP) is 4.01. The minimum Gasteiger partial charge on any atom is -0.382 e. The zero-order chi connectivity index (χ0) is 24.1. The number of amides is 1. The molecule has 1 N–H and O–H groups in total. The van der Waals surface area contributed by atoms with Crippen LogP contribution in [0.3, 0.4) is 0 Å². The van der Waals surface area contributed by atoms with E-state index in [1.807, 2.05) is 18.3 Å². The van der Waals surface area contributed by atoms with Crippen LogP contribution in [0, 0.1) is 25.7 Å². The highest BCUT2D eigenvalue weighted by Crippen LogP contribution is 2.51. The number of pyridine rings is 2. The number of hydrogen-bond acceptors (Lipinski definition) is 6. The Morgan fingerprint density at radius 1 is 1.29 bits per heavy atom. The van der Waals surface area contributed by atoms with Crippen molar-refractivity contribution in [3.8, 4) is 11.8 Å². The lowest BCUT2D eigenvalue weighted by Crippen LogP contribution is -2.24. The number of anilines is 2. The highest BCUT2D eigenvalue weighted by atomic mass is 16.5. The van der Waals surface area contributed by atoms with Gasteiger partial charge in [-0.2, -0.15) is 0 Å². The number of nitrogens with one attached hydrogen (secondary N) is 1. The van der Waals surface area contributed by atoms with Crippen molar-refractivity contribution in [2.24, 2.45) is 0 Å². The number of aryl methyl sites for hydroxylation is 2. The molecule has 0 aromatic carbocycles. The van der Waals surface area contributed by atoms with Gasteiger partial charge in [0.2, 0.25) is 5.91 Å². The summed E-state index contributed by atoms with van der Waals surface area (Å²) in [6.07, 6.45) is 6.10. The van der Waals surface area contributed by atoms with Crippen LogP contribution in [0.25, 0.3) is 0 Å². The lowest BCUT2D eigenvalue weighted by molar-refractivity contribution is -0.114. The van der Waals surface area contributed by atoms with Crippen molar-refractivity contribution in [1.29, 1.82) is 0 Å². The van der Waals surface area contributed by atoms with E-state index < -0.39 is 0 Å². The van der Waals surface area contributed by atoms with Crippen molar-refractivity contribution in [1.82, 2.24) is 9.97 Å². The zero-order valence-electron chi connectivity index (χ0n) is 20.6. The largest absolute Gasteiger partial charge is 0.382 e. The summed E-state index contributed by atoms with van der Waals surface area (Å²) in [7, 11) is 1.69. The summed E-state index contributed by atoms with van der Waals surface area (Å²) in [6, 6.07) is 6.12. The standard InChI is InChI=1S/C27H34N4O3.H2/c1-19-14-22(30-26(15-19)31-11-7-23(18-31)34-13-12-33-4)6-5-8-27(9-10-27)24-17-28-25(16-20(24)2)29-21(3)32;/h14-17,23H,7-13,18H2,1-4H3,(H,28,29,32);1H. The van der Waals surface area contributed by atoms with Crippen LogP contribution < -0.4 is 10.2 Å². The Morgan fingerprint density at radius 3 is 2.82 bits per heavy atom. The lowest BCUT2D eigenvalue weighted by atomic mass is 9.90. The van der Waals surface area contributed by atoms with E-state index in [2.05, 4.69) is 47.0 Å². The van der Waals surface area contributed by atoms with E-state index in [0.29, 0.717) is 19.0 Å². The van der Waals surface area contributed by atoms with Crippen LogP contribution in [0.2, 0.25) is 0 Å². The maximum absolute atomic E-state index is 11.3. The summed E-state index contributed by atoms with van der Waals surface area (Å²) in [5.74, 6) is 8.17. The molecular formula is C27H36N4O3. The molecule has 34 heavy (non-hydrogen) atoms. The van der Waals surface area contributed by atoms with Crippen molar-refractivity contribution in [2.45, 2.75) is 58.0 Å². The number of ether oxygens (including phenoxy) is 2. The van der Waals surface area contributed by atoms with Crippen molar-refractivity contribution in [3.63, 3.8) is 0 Å². The third kappa shape index (κ3) is 5.94. The van der Waals surface area contributed by atoms with E-state index in [4.69, 9.17) is 14.5 Å². The molecule has 1 amide bonds. The molecule has 182 valence electrons. The molecular weight excluding hydrogens is 428 g/mol. The van der Waals surface area contributed by atoms with Crippen molar-refractivity contribution < 1.29 is 15.7 Å². The van der Waals surface area contributed by atoms with E-state index in [1.54, 1.807) is 7.11 Å². The van der Waals surface area contributed by atoms with Gasteiger partial charge in [0.15, 0.2) is 0 Å². The quantitative estimate of drug-likeness (QED) is 0.470. The second-order valence-corrected chi connectivity index (χ2v) is 9.43. The fourth-order valence-electron chi connectivity index (χ4n) is 4.60. The van der Waals surface area contributed by atoms with Gasteiger partial charge in [-0.1, -0.05) is 5.92 Å². The summed E-state index contributed by atoms with van der Waals surface area (Å²) in [5.41, 5.74) is 4.40. The van der Waals surface area contributed by atoms with E-state index in [9.17, 15) is 4.79 Å². The number of carbonyl (C=O) groups excluding carboxylic acids is 1. The van der Waals surface area contributed by atoms with E-state index >= 15 is 0 Å². The number of nitrogens with zero attached hydrogens (tertiary/aromatic N) is 3. The molecule has 1 saturated heterocycles. The molecule has 7 heteroatoms. The van der Waals surface area contributed by atoms with Crippen molar-refractivity contribution in [3.05, 3.63) is 46.8 Å². The van der Waals surface area contributed by atoms with Crippen LogP contribution in [-0.4, -0.2) is 55.4 Å². The van der Waals surface area contributed by atoms with Gasteiger partial charge in [-0.3, -0.25) is 4.79 Å². The molecule has 1 atom stereocenters. The summed E-state index contributed by atoms with van der Waals surface area (Å²) >= 11 is 0. The Labute approximate surface area is 203 Å². The molecule has 0 bridgehead atoms. The van der Waals surface area contributed by atoms with Crippen LogP contribution >= 0.6 is 0 Å². The van der Waals surface area contributed by atoms with Gasteiger partial charge in [0.1, 0.15) is 17.3 Å². The first kappa shape index (κ1) is 24.2. The Bertz CT molecular complexity index is 1110. The van der Waals surface area contributed by atoms with Crippen LogP contribution in [0.1, 0.15) is 56.4 Å². The van der Waals surface area contributed by atoms with E-state index in [1.165, 1.54) is 12.5 Å². The minimum atomic E-state index is -0.111. The average molecular weight is 465 g/mol. The lowest BCUT2D eigenvalue weighted by Gasteiger charge is -2.18. The number of aromatic nitrogens is 2. The van der Waals surface area contributed by atoms with Gasteiger partial charge < -0.3 is 19.7 Å². The highest BCUT2D eigenvalue weighted by Gasteiger charge is 2.44. The van der Waals surface area contributed by atoms with Gasteiger partial charge in [0, 0.05) is 46.6 Å². The molecule has 2 aromatic rings. The molecule has 0 spiro atoms. The zero-order valence-corrected chi connectivity index (χ0v) is 20.6. The normalized spacial score (nSPS) is 18.4. The topological polar surface area (TPSA) is 76.6 Å². The fraction of sp³-hybridized carbons (Fsp3) is 0.519. The Morgan fingerprint density at radius 2 is 2.12 bits per heavy atom. The molecule has 2 fully saturated rings. The van der Waals surface area contributed by atoms with Crippen LogP contribution in [-0.2, 0) is 19.7 Å². The van der Waals surface area contributed by atoms with E-state index in [-0.39, 0.29) is 18.9 Å². The highest BCUT2D eigenvalue weighted by molar-refractivity contribution is 5.87. The first-order valence-corrected chi connectivity index (χ1v) is 12.0. The molecule has 2 aliphatic rings. The summed E-state index contributed by atoms with van der Waals surface area (Å²) in [4.78, 5) is 22.9. The second-order valence-electron chi connectivity index (χ2n) is 9.43. The Kier molecular flexibility index (Phi) is 7.50. The monoisotopic (exact) mass is 464 g/mol. The van der Waals surface area contributed by atoms with E-state index in [0.717, 1.165) is 61.4 Å². The van der Waals surface area contributed by atoms with Crippen molar-refractivity contribution >= 4 is 17.5 Å². The smallest absolute Gasteiger partial charge is 0.222 e. The molecule has 1 aliphatic heterocycles. The number of rotatable bonds is 8. The Balaban J connectivity index is 0.00000342. The summed E-state index contributed by atoms with van der Waals surface area (Å²) in [6.45, 7) is 8.68. The molecule has 1 aliphatic carbocycles. The molecule has 4 rings (SSSR count). The maximum Gasteiger partial charge on any atom is 0.222 e. The average Bonchev–Trinajstić information content (AvgIpc) is 3.40. The second kappa shape index (κ2) is 10.5. The van der Waals surface area contributed by atoms with Gasteiger partial charge >= 0.3 is 0 Å². The van der Waals surface area contributed by atoms with Crippen molar-refractivity contribution in [2.75, 3.05) is 43.6 Å². The molecule has 2 aromatic heterocycles. The molecule has 7 nitrogen and oxygen atoms in total. The third-order valence-electron chi connectivity index (χ3n) is 6.55. The third-order valence-corrected chi connectivity index (χ3v) is 6.55. The number of carbonyl (C=O) groups is 1. The first-order valence-electron chi connectivity index (χ1n) is 12.0. The van der Waals surface area contributed by atoms with Crippen LogP contribution in [0.4, 0.5) is 11.6 Å². The number of methoxy groups -OCH3 is 1. The van der Waals surface area contributed by atoms with Gasteiger partial charge in [-0.25, -0.2) is 9.97 Å². The Hall–Kier alpha value is -2.95. The molecule has 1 saturated carbocycles. The van der Waals surface area contributed by atoms with Gasteiger partial charge in [-0.15, -0.1) is 0 Å². The van der Waals surface area contributed by atoms with Crippen LogP contribution in [0.5, 0.6) is 0 Å². The van der Waals surface area contributed by atoms with Crippen LogP contribution in [0.15, 0.2) is 24.4 Å². The predicted molar refractivity (Wildman–Crippen MR) is 135 cm³/mol. The molecule has 3 heterocycles. The maximum atomic E-state index is 11.3. The number of hydrogen-bond donors (Lipinski definition) is 1. The van der Waals surface area contributed by atoms with Gasteiger partial charge in [0.25, 0.3) is 0 Å². The summed E-state index contributed by atoms with van der Waals surface area (Å²) < 4.78 is 11.0. The van der Waals surface area contributed by atoms with Gasteiger partial charge in [0.05, 0.1) is 19.3 Å². The fourth-order valence-corrected chi connectivity index (χ4v) is 4.60. The summed E-state index contributed by atoms with van der Waals surface area (Å²) in [5, 5.41) is 2.75. The SMILES string of the molecule is COCCOC1CCN(c2cc(C)cc(C#CCC3(c4cnc(NC(C)=O)cc4C)CC3)n2)C1.[HH]. The molecule has 0 radical (unpaired) electrons.